The van der Waals surface area contributed by atoms with Crippen LogP contribution < -0.4 is 0 Å². The third kappa shape index (κ3) is 2.04. The van der Waals surface area contributed by atoms with E-state index < -0.39 is 33.6 Å². The first-order valence-corrected chi connectivity index (χ1v) is 3.77. The average molecular weight is 213 g/mol. The van der Waals surface area contributed by atoms with Gasteiger partial charge in [-0.2, -0.15) is 0 Å². The Labute approximate surface area is 83.0 Å². The Kier molecular flexibility index (Phi) is 2.89. The lowest BCUT2D eigenvalue weighted by atomic mass is 10.1. The summed E-state index contributed by atoms with van der Waals surface area (Å²) < 4.78 is 26.2. The molecule has 0 N–H and O–H groups in total. The van der Waals surface area contributed by atoms with Crippen molar-refractivity contribution in [1.82, 2.24) is 0 Å². The minimum absolute atomic E-state index is 0.486. The molecule has 0 aromatic heterocycles. The van der Waals surface area contributed by atoms with Gasteiger partial charge in [0.1, 0.15) is 11.6 Å². The van der Waals surface area contributed by atoms with E-state index in [1.807, 2.05) is 0 Å². The van der Waals surface area contributed by atoms with Crippen LogP contribution in [0.2, 0.25) is 0 Å². The van der Waals surface area contributed by atoms with Crippen LogP contribution in [0.4, 0.5) is 14.5 Å². The van der Waals surface area contributed by atoms with Gasteiger partial charge in [-0.1, -0.05) is 6.58 Å². The molecule has 0 aliphatic carbocycles. The number of carbonyl (C=O) groups is 1. The molecule has 0 atom stereocenters. The lowest BCUT2D eigenvalue weighted by Gasteiger charge is -2.00. The van der Waals surface area contributed by atoms with Gasteiger partial charge in [0.2, 0.25) is 0 Å². The molecule has 0 amide bonds. The summed E-state index contributed by atoms with van der Waals surface area (Å²) in [5, 5.41) is 10.2. The lowest BCUT2D eigenvalue weighted by molar-refractivity contribution is -0.385. The number of hydrogen-bond donors (Lipinski definition) is 0. The van der Waals surface area contributed by atoms with Crippen LogP contribution in [0.25, 0.3) is 0 Å². The highest BCUT2D eigenvalue weighted by Crippen LogP contribution is 2.21. The number of non-ortho nitro benzene ring substituents is 1. The minimum Gasteiger partial charge on any atom is -0.289 e. The van der Waals surface area contributed by atoms with Gasteiger partial charge in [-0.25, -0.2) is 8.78 Å². The van der Waals surface area contributed by atoms with Crippen molar-refractivity contribution in [3.05, 3.63) is 52.1 Å². The Morgan fingerprint density at radius 3 is 2.20 bits per heavy atom. The highest BCUT2D eigenvalue weighted by atomic mass is 19.1. The molecule has 0 aliphatic rings. The molecule has 15 heavy (non-hydrogen) atoms. The Morgan fingerprint density at radius 2 is 1.87 bits per heavy atom. The standard InChI is InChI=1S/C9H5F2NO3/c1-2-8(13)9-6(10)3-5(12(14)15)4-7(9)11/h2-4H,1H2. The number of carbonyl (C=O) groups excluding carboxylic acids is 1. The maximum atomic E-state index is 13.1. The molecule has 0 bridgehead atoms. The van der Waals surface area contributed by atoms with Crippen molar-refractivity contribution >= 4 is 11.5 Å². The second kappa shape index (κ2) is 3.95. The summed E-state index contributed by atoms with van der Waals surface area (Å²) in [6.07, 6.45) is 0.729. The summed E-state index contributed by atoms with van der Waals surface area (Å²) in [6, 6.07) is 0.972. The normalized spacial score (nSPS) is 9.73. The number of benzene rings is 1. The van der Waals surface area contributed by atoms with Crippen LogP contribution in [0.3, 0.4) is 0 Å². The van der Waals surface area contributed by atoms with Crippen molar-refractivity contribution in [2.45, 2.75) is 0 Å². The van der Waals surface area contributed by atoms with Crippen molar-refractivity contribution in [3.8, 4) is 0 Å². The molecule has 0 radical (unpaired) electrons. The smallest absolute Gasteiger partial charge is 0.275 e. The molecule has 0 aliphatic heterocycles. The molecule has 0 fully saturated rings. The molecule has 0 heterocycles. The number of allylic oxidation sites excluding steroid dienone is 1. The summed E-state index contributed by atoms with van der Waals surface area (Å²) in [5.74, 6) is -3.50. The zero-order chi connectivity index (χ0) is 11.6. The summed E-state index contributed by atoms with van der Waals surface area (Å²) in [5.41, 5.74) is -1.58. The number of nitrogens with zero attached hydrogens (tertiary/aromatic N) is 1. The fourth-order valence-electron chi connectivity index (χ4n) is 1.00. The fraction of sp³-hybridized carbons (Fsp3) is 0. The third-order valence-corrected chi connectivity index (χ3v) is 1.67. The number of hydrogen-bond acceptors (Lipinski definition) is 3. The molecule has 6 heteroatoms. The fourth-order valence-corrected chi connectivity index (χ4v) is 1.00. The first-order chi connectivity index (χ1) is 6.97. The lowest BCUT2D eigenvalue weighted by Crippen LogP contribution is -2.04. The van der Waals surface area contributed by atoms with Gasteiger partial charge in [0.25, 0.3) is 5.69 Å². The van der Waals surface area contributed by atoms with Crippen molar-refractivity contribution in [2.24, 2.45) is 0 Å². The molecule has 0 saturated heterocycles. The largest absolute Gasteiger partial charge is 0.289 e. The van der Waals surface area contributed by atoms with Crippen LogP contribution in [0.5, 0.6) is 0 Å². The highest BCUT2D eigenvalue weighted by Gasteiger charge is 2.20. The van der Waals surface area contributed by atoms with Crippen molar-refractivity contribution in [2.75, 3.05) is 0 Å². The van der Waals surface area contributed by atoms with Gasteiger partial charge >= 0.3 is 0 Å². The quantitative estimate of drug-likeness (QED) is 0.335. The van der Waals surface area contributed by atoms with E-state index in [2.05, 4.69) is 6.58 Å². The van der Waals surface area contributed by atoms with E-state index in [-0.39, 0.29) is 0 Å². The first kappa shape index (κ1) is 11.0. The van der Waals surface area contributed by atoms with Crippen LogP contribution in [-0.2, 0) is 0 Å². The Hall–Kier alpha value is -2.11. The van der Waals surface area contributed by atoms with Crippen LogP contribution in [0, 0.1) is 21.7 Å². The van der Waals surface area contributed by atoms with Gasteiger partial charge < -0.3 is 0 Å². The monoisotopic (exact) mass is 213 g/mol. The SMILES string of the molecule is C=CC(=O)c1c(F)cc([N+](=O)[O-])cc1F. The van der Waals surface area contributed by atoms with Gasteiger partial charge in [0.05, 0.1) is 22.6 Å². The molecule has 0 spiro atoms. The van der Waals surface area contributed by atoms with E-state index in [1.54, 1.807) is 0 Å². The van der Waals surface area contributed by atoms with Gasteiger partial charge in [0.15, 0.2) is 5.78 Å². The molecule has 78 valence electrons. The molecule has 1 aromatic carbocycles. The molecule has 0 unspecified atom stereocenters. The zero-order valence-electron chi connectivity index (χ0n) is 7.37. The maximum absolute atomic E-state index is 13.1. The second-order valence-corrected chi connectivity index (χ2v) is 2.61. The van der Waals surface area contributed by atoms with E-state index in [4.69, 9.17) is 0 Å². The van der Waals surface area contributed by atoms with E-state index in [0.29, 0.717) is 12.1 Å². The number of rotatable bonds is 3. The van der Waals surface area contributed by atoms with E-state index in [9.17, 15) is 23.7 Å². The van der Waals surface area contributed by atoms with Gasteiger partial charge in [-0.05, 0) is 6.08 Å². The van der Waals surface area contributed by atoms with E-state index in [0.717, 1.165) is 6.08 Å². The van der Waals surface area contributed by atoms with Gasteiger partial charge in [-0.15, -0.1) is 0 Å². The van der Waals surface area contributed by atoms with Gasteiger partial charge in [0, 0.05) is 0 Å². The number of halogens is 2. The third-order valence-electron chi connectivity index (χ3n) is 1.67. The predicted molar refractivity (Wildman–Crippen MR) is 47.5 cm³/mol. The topological polar surface area (TPSA) is 60.2 Å². The molecule has 1 rings (SSSR count). The highest BCUT2D eigenvalue weighted by molar-refractivity contribution is 6.04. The summed E-state index contributed by atoms with van der Waals surface area (Å²) in [6.45, 7) is 3.06. The zero-order valence-corrected chi connectivity index (χ0v) is 7.37. The van der Waals surface area contributed by atoms with Crippen molar-refractivity contribution in [3.63, 3.8) is 0 Å². The minimum atomic E-state index is -1.27. The van der Waals surface area contributed by atoms with Gasteiger partial charge in [-0.3, -0.25) is 14.9 Å². The average Bonchev–Trinajstić information content (AvgIpc) is 2.16. The Morgan fingerprint density at radius 1 is 1.40 bits per heavy atom. The Bertz CT molecular complexity index is 434. The second-order valence-electron chi connectivity index (χ2n) is 2.61. The summed E-state index contributed by atoms with van der Waals surface area (Å²) >= 11 is 0. The Balaban J connectivity index is 3.39. The van der Waals surface area contributed by atoms with Crippen molar-refractivity contribution in [1.29, 1.82) is 0 Å². The van der Waals surface area contributed by atoms with Crippen LogP contribution in [-0.4, -0.2) is 10.7 Å². The van der Waals surface area contributed by atoms with Crippen LogP contribution in [0.1, 0.15) is 10.4 Å². The molecule has 4 nitrogen and oxygen atoms in total. The summed E-state index contributed by atoms with van der Waals surface area (Å²) in [7, 11) is 0. The molecule has 1 aromatic rings. The molecular weight excluding hydrogens is 208 g/mol. The molecule has 0 saturated carbocycles. The maximum Gasteiger partial charge on any atom is 0.275 e. The van der Waals surface area contributed by atoms with E-state index >= 15 is 0 Å². The van der Waals surface area contributed by atoms with Crippen LogP contribution >= 0.6 is 0 Å². The van der Waals surface area contributed by atoms with E-state index in [1.165, 1.54) is 0 Å². The number of nitro benzene ring substituents is 1. The number of ketones is 1. The molecular formula is C9H5F2NO3. The number of nitro groups is 1. The summed E-state index contributed by atoms with van der Waals surface area (Å²) in [4.78, 5) is 20.2. The predicted octanol–water partition coefficient (Wildman–Crippen LogP) is 2.24. The van der Waals surface area contributed by atoms with Crippen LogP contribution in [0.15, 0.2) is 24.8 Å². The van der Waals surface area contributed by atoms with Crippen molar-refractivity contribution < 1.29 is 18.5 Å². The first-order valence-electron chi connectivity index (χ1n) is 3.77.